The fourth-order valence-corrected chi connectivity index (χ4v) is 4.26. The van der Waals surface area contributed by atoms with Gasteiger partial charge in [0, 0.05) is 22.7 Å². The molecule has 3 rings (SSSR count). The maximum absolute atomic E-state index is 12.6. The summed E-state index contributed by atoms with van der Waals surface area (Å²) < 4.78 is 27.4. The molecule has 0 unspecified atom stereocenters. The standard InChI is InChI=1S/C17H15BrN2O4S/c1-9-10(2)17(22)15-14(16(9)21)19-13(20(15)3)8-25(23,24)12-6-4-11(18)5-7-12/h4-7H,8H2,1-3H3. The first-order valence-electron chi connectivity index (χ1n) is 7.44. The van der Waals surface area contributed by atoms with Crippen molar-refractivity contribution in [2.24, 2.45) is 7.05 Å². The molecule has 2 aromatic rings. The molecule has 8 heteroatoms. The number of Topliss-reactive ketones (excluding diaryl/α,β-unsaturated/α-hetero) is 2. The highest BCUT2D eigenvalue weighted by atomic mass is 79.9. The SMILES string of the molecule is CC1=C(C)C(=O)c2c(nc(CS(=O)(=O)c3ccc(Br)cc3)n2C)C1=O. The van der Waals surface area contributed by atoms with Crippen LogP contribution in [-0.2, 0) is 22.6 Å². The van der Waals surface area contributed by atoms with Crippen LogP contribution in [0.4, 0.5) is 0 Å². The molecule has 1 heterocycles. The predicted octanol–water partition coefficient (Wildman–Crippen LogP) is 2.87. The number of rotatable bonds is 3. The Labute approximate surface area is 153 Å². The molecule has 0 saturated heterocycles. The van der Waals surface area contributed by atoms with E-state index in [1.54, 1.807) is 33.0 Å². The number of benzene rings is 1. The highest BCUT2D eigenvalue weighted by Crippen LogP contribution is 2.27. The van der Waals surface area contributed by atoms with Crippen LogP contribution in [0.25, 0.3) is 0 Å². The number of sulfone groups is 1. The minimum Gasteiger partial charge on any atom is -0.327 e. The molecule has 0 spiro atoms. The second kappa shape index (κ2) is 6.03. The minimum absolute atomic E-state index is 0.0246. The third kappa shape index (κ3) is 2.89. The second-order valence-corrected chi connectivity index (χ2v) is 8.81. The molecule has 1 aliphatic carbocycles. The first-order valence-corrected chi connectivity index (χ1v) is 9.89. The normalized spacial score (nSPS) is 14.9. The van der Waals surface area contributed by atoms with E-state index in [2.05, 4.69) is 20.9 Å². The molecule has 0 bridgehead atoms. The number of ketones is 2. The largest absolute Gasteiger partial charge is 0.327 e. The van der Waals surface area contributed by atoms with Crippen LogP contribution in [0.2, 0.25) is 0 Å². The number of hydrogen-bond acceptors (Lipinski definition) is 5. The summed E-state index contributed by atoms with van der Waals surface area (Å²) >= 11 is 3.26. The van der Waals surface area contributed by atoms with E-state index in [-0.39, 0.29) is 33.7 Å². The molecule has 0 amide bonds. The van der Waals surface area contributed by atoms with E-state index >= 15 is 0 Å². The van der Waals surface area contributed by atoms with Gasteiger partial charge in [0.1, 0.15) is 23.0 Å². The summed E-state index contributed by atoms with van der Waals surface area (Å²) in [6, 6.07) is 6.27. The van der Waals surface area contributed by atoms with E-state index in [0.29, 0.717) is 11.1 Å². The lowest BCUT2D eigenvalue weighted by Gasteiger charge is -2.13. The van der Waals surface area contributed by atoms with Crippen LogP contribution < -0.4 is 0 Å². The maximum Gasteiger partial charge on any atom is 0.209 e. The van der Waals surface area contributed by atoms with E-state index < -0.39 is 15.6 Å². The highest BCUT2D eigenvalue weighted by molar-refractivity contribution is 9.10. The number of aromatic nitrogens is 2. The molecular formula is C17H15BrN2O4S. The van der Waals surface area contributed by atoms with Gasteiger partial charge in [-0.15, -0.1) is 0 Å². The molecule has 1 aromatic carbocycles. The summed E-state index contributed by atoms with van der Waals surface area (Å²) in [4.78, 5) is 29.1. The van der Waals surface area contributed by atoms with Crippen molar-refractivity contribution in [3.8, 4) is 0 Å². The molecule has 130 valence electrons. The Kier molecular flexibility index (Phi) is 4.28. The predicted molar refractivity (Wildman–Crippen MR) is 95.3 cm³/mol. The highest BCUT2D eigenvalue weighted by Gasteiger charge is 2.34. The van der Waals surface area contributed by atoms with Crippen LogP contribution in [0.3, 0.4) is 0 Å². The Hall–Kier alpha value is -2.06. The van der Waals surface area contributed by atoms with E-state index in [1.165, 1.54) is 16.7 Å². The Bertz CT molecular complexity index is 1050. The fraction of sp³-hybridized carbons (Fsp3) is 0.235. The van der Waals surface area contributed by atoms with E-state index in [0.717, 1.165) is 4.47 Å². The van der Waals surface area contributed by atoms with E-state index in [1.807, 2.05) is 0 Å². The Morgan fingerprint density at radius 1 is 1.04 bits per heavy atom. The molecule has 0 radical (unpaired) electrons. The number of carbonyl (C=O) groups excluding carboxylic acids is 2. The van der Waals surface area contributed by atoms with Gasteiger partial charge in [0.15, 0.2) is 9.84 Å². The zero-order valence-electron chi connectivity index (χ0n) is 13.8. The quantitative estimate of drug-likeness (QED) is 0.758. The number of nitrogens with zero attached hydrogens (tertiary/aromatic N) is 2. The molecule has 0 aliphatic heterocycles. The van der Waals surface area contributed by atoms with Gasteiger partial charge < -0.3 is 4.57 Å². The molecule has 0 fully saturated rings. The number of imidazole rings is 1. The lowest BCUT2D eigenvalue weighted by atomic mass is 9.92. The number of carbonyl (C=O) groups is 2. The molecule has 6 nitrogen and oxygen atoms in total. The van der Waals surface area contributed by atoms with E-state index in [9.17, 15) is 18.0 Å². The van der Waals surface area contributed by atoms with Crippen molar-refractivity contribution in [2.45, 2.75) is 24.5 Å². The Morgan fingerprint density at radius 3 is 2.20 bits per heavy atom. The number of halogens is 1. The third-order valence-corrected chi connectivity index (χ3v) is 6.51. The monoisotopic (exact) mass is 422 g/mol. The average Bonchev–Trinajstić information content (AvgIpc) is 2.88. The minimum atomic E-state index is -3.65. The van der Waals surface area contributed by atoms with Crippen molar-refractivity contribution in [2.75, 3.05) is 0 Å². The van der Waals surface area contributed by atoms with Crippen LogP contribution in [0.5, 0.6) is 0 Å². The summed E-state index contributed by atoms with van der Waals surface area (Å²) in [7, 11) is -2.10. The number of fused-ring (bicyclic) bond motifs is 1. The summed E-state index contributed by atoms with van der Waals surface area (Å²) in [5.41, 5.74) is 0.881. The molecule has 1 aromatic heterocycles. The van der Waals surface area contributed by atoms with E-state index in [4.69, 9.17) is 0 Å². The lowest BCUT2D eigenvalue weighted by Crippen LogP contribution is -2.21. The van der Waals surface area contributed by atoms with Gasteiger partial charge in [0.2, 0.25) is 11.6 Å². The zero-order valence-corrected chi connectivity index (χ0v) is 16.2. The van der Waals surface area contributed by atoms with Crippen molar-refractivity contribution >= 4 is 37.3 Å². The van der Waals surface area contributed by atoms with Crippen LogP contribution >= 0.6 is 15.9 Å². The van der Waals surface area contributed by atoms with Crippen molar-refractivity contribution in [3.63, 3.8) is 0 Å². The molecule has 0 N–H and O–H groups in total. The lowest BCUT2D eigenvalue weighted by molar-refractivity contribution is 0.0967. The van der Waals surface area contributed by atoms with Crippen molar-refractivity contribution in [1.82, 2.24) is 9.55 Å². The summed E-state index contributed by atoms with van der Waals surface area (Å²) in [5.74, 6) is -0.863. The topological polar surface area (TPSA) is 86.1 Å². The van der Waals surface area contributed by atoms with Gasteiger partial charge >= 0.3 is 0 Å². The van der Waals surface area contributed by atoms with Gasteiger partial charge in [-0.1, -0.05) is 15.9 Å². The second-order valence-electron chi connectivity index (χ2n) is 5.91. The Balaban J connectivity index is 2.04. The summed E-state index contributed by atoms with van der Waals surface area (Å²) in [6.07, 6.45) is 0. The van der Waals surface area contributed by atoms with Gasteiger partial charge in [-0.05, 0) is 38.1 Å². The molecule has 1 aliphatic rings. The molecule has 25 heavy (non-hydrogen) atoms. The van der Waals surface area contributed by atoms with Crippen molar-refractivity contribution < 1.29 is 18.0 Å². The molecular weight excluding hydrogens is 408 g/mol. The maximum atomic E-state index is 12.6. The smallest absolute Gasteiger partial charge is 0.209 e. The summed E-state index contributed by atoms with van der Waals surface area (Å²) in [6.45, 7) is 3.16. The first-order chi connectivity index (χ1) is 11.6. The van der Waals surface area contributed by atoms with Crippen LogP contribution in [0.15, 0.2) is 44.8 Å². The van der Waals surface area contributed by atoms with Crippen molar-refractivity contribution in [3.05, 3.63) is 57.1 Å². The molecule has 0 saturated carbocycles. The molecule has 0 atom stereocenters. The first kappa shape index (κ1) is 17.8. The average molecular weight is 423 g/mol. The number of hydrogen-bond donors (Lipinski definition) is 0. The third-order valence-electron chi connectivity index (χ3n) is 4.35. The fourth-order valence-electron chi connectivity index (χ4n) is 2.68. The zero-order chi connectivity index (χ0) is 18.5. The van der Waals surface area contributed by atoms with Gasteiger partial charge in [0.05, 0.1) is 4.90 Å². The van der Waals surface area contributed by atoms with Gasteiger partial charge in [-0.3, -0.25) is 9.59 Å². The van der Waals surface area contributed by atoms with Crippen LogP contribution in [0.1, 0.15) is 40.6 Å². The van der Waals surface area contributed by atoms with Crippen LogP contribution in [0, 0.1) is 0 Å². The van der Waals surface area contributed by atoms with Crippen molar-refractivity contribution in [1.29, 1.82) is 0 Å². The van der Waals surface area contributed by atoms with Gasteiger partial charge in [-0.2, -0.15) is 0 Å². The van der Waals surface area contributed by atoms with Crippen LogP contribution in [-0.4, -0.2) is 29.5 Å². The number of allylic oxidation sites excluding steroid dienone is 2. The Morgan fingerprint density at radius 2 is 1.60 bits per heavy atom. The summed E-state index contributed by atoms with van der Waals surface area (Å²) in [5, 5.41) is 0. The van der Waals surface area contributed by atoms with Gasteiger partial charge in [0.25, 0.3) is 0 Å². The van der Waals surface area contributed by atoms with Gasteiger partial charge in [-0.25, -0.2) is 13.4 Å².